The van der Waals surface area contributed by atoms with Gasteiger partial charge in [-0.05, 0) is 24.7 Å². The number of aliphatic hydroxyl groups is 1. The van der Waals surface area contributed by atoms with Gasteiger partial charge in [-0.25, -0.2) is 0 Å². The lowest BCUT2D eigenvalue weighted by atomic mass is 10.1. The summed E-state index contributed by atoms with van der Waals surface area (Å²) in [5.74, 6) is 0.622. The van der Waals surface area contributed by atoms with E-state index >= 15 is 0 Å². The van der Waals surface area contributed by atoms with Crippen LogP contribution in [0.4, 0.5) is 0 Å². The average molecular weight is 332 g/mol. The zero-order valence-electron chi connectivity index (χ0n) is 13.3. The van der Waals surface area contributed by atoms with Crippen LogP contribution in [0.5, 0.6) is 0 Å². The Kier molecular flexibility index (Phi) is 3.64. The molecule has 2 amide bonds. The molecule has 8 heteroatoms. The van der Waals surface area contributed by atoms with Crippen LogP contribution in [0.1, 0.15) is 34.1 Å². The number of fused-ring (bicyclic) bond motifs is 3. The maximum absolute atomic E-state index is 12.9. The number of rotatable bonds is 4. The van der Waals surface area contributed by atoms with E-state index in [0.29, 0.717) is 43.7 Å². The highest BCUT2D eigenvalue weighted by Gasteiger charge is 2.50. The molecule has 2 fully saturated rings. The zero-order chi connectivity index (χ0) is 16.8. The van der Waals surface area contributed by atoms with Crippen molar-refractivity contribution in [2.75, 3.05) is 32.8 Å². The third kappa shape index (κ3) is 2.32. The van der Waals surface area contributed by atoms with Gasteiger partial charge in [0.2, 0.25) is 5.91 Å². The van der Waals surface area contributed by atoms with Gasteiger partial charge in [0.05, 0.1) is 6.54 Å². The quantitative estimate of drug-likeness (QED) is 0.715. The lowest BCUT2D eigenvalue weighted by molar-refractivity contribution is -0.135. The first-order valence-corrected chi connectivity index (χ1v) is 8.35. The second kappa shape index (κ2) is 5.70. The van der Waals surface area contributed by atoms with E-state index in [2.05, 4.69) is 5.10 Å². The molecule has 1 saturated heterocycles. The molecule has 1 aromatic heterocycles. The molecule has 3 aliphatic rings. The summed E-state index contributed by atoms with van der Waals surface area (Å²) < 4.78 is 1.67. The van der Waals surface area contributed by atoms with E-state index in [1.165, 1.54) is 0 Å². The molecular weight excluding hydrogens is 312 g/mol. The molecule has 0 aromatic carbocycles. The second-order valence-electron chi connectivity index (χ2n) is 6.70. The molecule has 4 rings (SSSR count). The topological polar surface area (TPSA) is 95.7 Å². The highest BCUT2D eigenvalue weighted by Crippen LogP contribution is 2.57. The van der Waals surface area contributed by atoms with Crippen molar-refractivity contribution >= 4 is 18.1 Å². The van der Waals surface area contributed by atoms with E-state index in [4.69, 9.17) is 5.11 Å². The Morgan fingerprint density at radius 3 is 2.58 bits per heavy atom. The van der Waals surface area contributed by atoms with Gasteiger partial charge in [-0.15, -0.1) is 0 Å². The fourth-order valence-electron chi connectivity index (χ4n) is 3.98. The minimum absolute atomic E-state index is 0.112. The number of nitrogens with zero attached hydrogens (tertiary/aromatic N) is 4. The molecule has 0 radical (unpaired) electrons. The Morgan fingerprint density at radius 2 is 1.92 bits per heavy atom. The van der Waals surface area contributed by atoms with Crippen LogP contribution in [-0.4, -0.2) is 75.6 Å². The van der Waals surface area contributed by atoms with Gasteiger partial charge in [-0.3, -0.25) is 14.3 Å². The molecular formula is C16H20N4O4. The van der Waals surface area contributed by atoms with E-state index in [0.717, 1.165) is 30.4 Å². The number of carbonyl (C=O) groups excluding carboxylic acids is 3. The van der Waals surface area contributed by atoms with E-state index in [1.807, 2.05) is 0 Å². The van der Waals surface area contributed by atoms with Crippen LogP contribution in [0.15, 0.2) is 0 Å². The molecule has 2 heterocycles. The summed E-state index contributed by atoms with van der Waals surface area (Å²) in [4.78, 5) is 38.6. The summed E-state index contributed by atoms with van der Waals surface area (Å²) in [6.07, 6.45) is 2.83. The summed E-state index contributed by atoms with van der Waals surface area (Å²) in [6.45, 7) is 1.42. The van der Waals surface area contributed by atoms with Gasteiger partial charge in [-0.1, -0.05) is 0 Å². The van der Waals surface area contributed by atoms with Crippen molar-refractivity contribution < 1.29 is 19.5 Å². The van der Waals surface area contributed by atoms with Crippen molar-refractivity contribution in [3.05, 3.63) is 17.0 Å². The average Bonchev–Trinajstić information content (AvgIpc) is 3.14. The maximum Gasteiger partial charge on any atom is 0.274 e. The van der Waals surface area contributed by atoms with Crippen molar-refractivity contribution in [3.8, 4) is 0 Å². The van der Waals surface area contributed by atoms with Gasteiger partial charge in [0.15, 0.2) is 5.69 Å². The molecule has 0 unspecified atom stereocenters. The minimum Gasteiger partial charge on any atom is -0.387 e. The number of aldehydes is 1. The highest BCUT2D eigenvalue weighted by molar-refractivity contribution is 5.95. The number of hydrogen-bond donors (Lipinski definition) is 1. The smallest absolute Gasteiger partial charge is 0.274 e. The number of carbonyl (C=O) groups is 3. The predicted octanol–water partition coefficient (Wildman–Crippen LogP) is -0.982. The lowest BCUT2D eigenvalue weighted by Crippen LogP contribution is -2.51. The molecule has 1 N–H and O–H groups in total. The highest BCUT2D eigenvalue weighted by atomic mass is 16.3. The number of amides is 2. The van der Waals surface area contributed by atoms with E-state index in [1.54, 1.807) is 14.5 Å². The van der Waals surface area contributed by atoms with Crippen molar-refractivity contribution in [1.29, 1.82) is 0 Å². The van der Waals surface area contributed by atoms with Crippen LogP contribution in [-0.2, 0) is 22.6 Å². The number of piperazine rings is 1. The van der Waals surface area contributed by atoms with Gasteiger partial charge in [0.25, 0.3) is 5.91 Å². The standard InChI is InChI=1S/C16H20N4O4/c21-6-5-20-12-8-10-7-11(10)14(12)15(17-20)16(24)19-3-1-18(2-4-19)13(23)9-22/h6,10-11,22H,1-5,7-9H2/t10-,11-/m1/s1. The molecule has 2 atom stereocenters. The molecule has 1 aromatic rings. The fraction of sp³-hybridized carbons (Fsp3) is 0.625. The van der Waals surface area contributed by atoms with Gasteiger partial charge in [0, 0.05) is 37.4 Å². The van der Waals surface area contributed by atoms with Gasteiger partial charge >= 0.3 is 0 Å². The summed E-state index contributed by atoms with van der Waals surface area (Å²) in [5.41, 5.74) is 2.57. The summed E-state index contributed by atoms with van der Waals surface area (Å²) in [5, 5.41) is 13.3. The van der Waals surface area contributed by atoms with Gasteiger partial charge < -0.3 is 19.7 Å². The van der Waals surface area contributed by atoms with Crippen molar-refractivity contribution in [3.63, 3.8) is 0 Å². The van der Waals surface area contributed by atoms with Gasteiger partial charge in [0.1, 0.15) is 12.9 Å². The number of aliphatic hydroxyl groups excluding tert-OH is 1. The second-order valence-corrected chi connectivity index (χ2v) is 6.70. The van der Waals surface area contributed by atoms with Crippen LogP contribution in [0, 0.1) is 5.92 Å². The summed E-state index contributed by atoms with van der Waals surface area (Å²) >= 11 is 0. The van der Waals surface area contributed by atoms with Crippen LogP contribution in [0.25, 0.3) is 0 Å². The molecule has 1 aliphatic heterocycles. The van der Waals surface area contributed by atoms with Crippen molar-refractivity contribution in [2.45, 2.75) is 25.3 Å². The monoisotopic (exact) mass is 332 g/mol. The molecule has 8 nitrogen and oxygen atoms in total. The molecule has 128 valence electrons. The molecule has 24 heavy (non-hydrogen) atoms. The van der Waals surface area contributed by atoms with Gasteiger partial charge in [-0.2, -0.15) is 5.10 Å². The molecule has 1 saturated carbocycles. The first-order valence-electron chi connectivity index (χ1n) is 8.35. The van der Waals surface area contributed by atoms with Crippen LogP contribution in [0.2, 0.25) is 0 Å². The molecule has 0 bridgehead atoms. The normalized spacial score (nSPS) is 24.5. The predicted molar refractivity (Wildman–Crippen MR) is 82.4 cm³/mol. The number of aromatic nitrogens is 2. The first-order chi connectivity index (χ1) is 11.6. The Labute approximate surface area is 139 Å². The third-order valence-electron chi connectivity index (χ3n) is 5.35. The Balaban J connectivity index is 1.53. The van der Waals surface area contributed by atoms with E-state index < -0.39 is 6.61 Å². The summed E-state index contributed by atoms with van der Waals surface area (Å²) in [6, 6.07) is 0. The van der Waals surface area contributed by atoms with Crippen LogP contribution in [0.3, 0.4) is 0 Å². The number of hydrogen-bond acceptors (Lipinski definition) is 5. The van der Waals surface area contributed by atoms with Crippen LogP contribution >= 0.6 is 0 Å². The Morgan fingerprint density at radius 1 is 1.21 bits per heavy atom. The molecule has 2 aliphatic carbocycles. The van der Waals surface area contributed by atoms with Crippen molar-refractivity contribution in [1.82, 2.24) is 19.6 Å². The SMILES string of the molecule is O=CCn1nc(C(=O)N2CCN(C(=O)CO)CC2)c2c1C[C@H]1C[C@@H]21. The third-order valence-corrected chi connectivity index (χ3v) is 5.35. The van der Waals surface area contributed by atoms with E-state index in [-0.39, 0.29) is 18.4 Å². The zero-order valence-corrected chi connectivity index (χ0v) is 13.3. The fourth-order valence-corrected chi connectivity index (χ4v) is 3.98. The maximum atomic E-state index is 12.9. The van der Waals surface area contributed by atoms with E-state index in [9.17, 15) is 14.4 Å². The molecule has 0 spiro atoms. The minimum atomic E-state index is -0.499. The summed E-state index contributed by atoms with van der Waals surface area (Å²) in [7, 11) is 0. The van der Waals surface area contributed by atoms with Crippen LogP contribution < -0.4 is 0 Å². The van der Waals surface area contributed by atoms with Crippen molar-refractivity contribution in [2.24, 2.45) is 5.92 Å². The first kappa shape index (κ1) is 15.3. The lowest BCUT2D eigenvalue weighted by Gasteiger charge is -2.34. The Hall–Kier alpha value is -2.22. The largest absolute Gasteiger partial charge is 0.387 e. The Bertz CT molecular complexity index is 705.